The van der Waals surface area contributed by atoms with Crippen LogP contribution in [0.15, 0.2) is 42.5 Å². The number of nitrogens with zero attached hydrogens (tertiary/aromatic N) is 2. The highest BCUT2D eigenvalue weighted by molar-refractivity contribution is 5.95. The first kappa shape index (κ1) is 19.5. The molecule has 0 aliphatic carbocycles. The molecule has 3 heterocycles. The third kappa shape index (κ3) is 3.97. The second kappa shape index (κ2) is 8.37. The van der Waals surface area contributed by atoms with Crippen molar-refractivity contribution in [3.63, 3.8) is 0 Å². The van der Waals surface area contributed by atoms with Gasteiger partial charge in [-0.3, -0.25) is 9.59 Å². The number of benzene rings is 2. The van der Waals surface area contributed by atoms with E-state index in [0.29, 0.717) is 74.4 Å². The monoisotopic (exact) mass is 424 g/mol. The van der Waals surface area contributed by atoms with Crippen LogP contribution in [0.3, 0.4) is 0 Å². The van der Waals surface area contributed by atoms with Crippen LogP contribution in [-0.2, 0) is 4.79 Å². The molecule has 2 aromatic rings. The standard InChI is InChI=1S/C23H24N2O6/c26-22(16-6-7-18-20(14-16)29-13-12-28-18)24-8-3-9-25(11-10-24)23(27)21-15-30-17-4-1-2-5-19(17)31-21/h1-2,4-7,14,21H,3,8-13,15H2. The van der Waals surface area contributed by atoms with Crippen LogP contribution in [0, 0.1) is 0 Å². The minimum Gasteiger partial charge on any atom is -0.486 e. The Hall–Kier alpha value is -3.42. The maximum atomic E-state index is 13.0. The van der Waals surface area contributed by atoms with Gasteiger partial charge < -0.3 is 28.7 Å². The molecule has 8 heteroatoms. The summed E-state index contributed by atoms with van der Waals surface area (Å²) in [7, 11) is 0. The highest BCUT2D eigenvalue weighted by atomic mass is 16.6. The number of para-hydroxylation sites is 2. The number of rotatable bonds is 2. The lowest BCUT2D eigenvalue weighted by Crippen LogP contribution is -2.47. The van der Waals surface area contributed by atoms with E-state index in [-0.39, 0.29) is 18.4 Å². The van der Waals surface area contributed by atoms with Crippen LogP contribution in [0.25, 0.3) is 0 Å². The number of fused-ring (bicyclic) bond motifs is 2. The van der Waals surface area contributed by atoms with E-state index in [1.165, 1.54) is 0 Å². The van der Waals surface area contributed by atoms with Crippen molar-refractivity contribution in [1.82, 2.24) is 9.80 Å². The maximum absolute atomic E-state index is 13.0. The summed E-state index contributed by atoms with van der Waals surface area (Å²) in [5.41, 5.74) is 0.560. The number of carbonyl (C=O) groups is 2. The molecule has 0 spiro atoms. The third-order valence-corrected chi connectivity index (χ3v) is 5.67. The molecule has 0 bridgehead atoms. The fourth-order valence-electron chi connectivity index (χ4n) is 4.04. The zero-order valence-electron chi connectivity index (χ0n) is 17.1. The summed E-state index contributed by atoms with van der Waals surface area (Å²) in [4.78, 5) is 29.6. The molecule has 1 atom stereocenters. The van der Waals surface area contributed by atoms with Gasteiger partial charge in [0.15, 0.2) is 23.0 Å². The quantitative estimate of drug-likeness (QED) is 0.734. The Morgan fingerprint density at radius 3 is 2.35 bits per heavy atom. The van der Waals surface area contributed by atoms with E-state index in [9.17, 15) is 9.59 Å². The van der Waals surface area contributed by atoms with Crippen LogP contribution >= 0.6 is 0 Å². The molecule has 2 aromatic carbocycles. The predicted octanol–water partition coefficient (Wildman–Crippen LogP) is 1.97. The molecule has 1 fully saturated rings. The van der Waals surface area contributed by atoms with Crippen molar-refractivity contribution in [2.75, 3.05) is 46.0 Å². The van der Waals surface area contributed by atoms with Crippen molar-refractivity contribution in [2.45, 2.75) is 12.5 Å². The predicted molar refractivity (Wildman–Crippen MR) is 111 cm³/mol. The first-order valence-corrected chi connectivity index (χ1v) is 10.6. The van der Waals surface area contributed by atoms with Gasteiger partial charge >= 0.3 is 0 Å². The fourth-order valence-corrected chi connectivity index (χ4v) is 4.04. The Labute approximate surface area is 180 Å². The molecule has 1 saturated heterocycles. The molecule has 3 aliphatic heterocycles. The van der Waals surface area contributed by atoms with E-state index in [0.717, 1.165) is 0 Å². The number of ether oxygens (including phenoxy) is 4. The van der Waals surface area contributed by atoms with Crippen LogP contribution in [0.2, 0.25) is 0 Å². The summed E-state index contributed by atoms with van der Waals surface area (Å²) in [6, 6.07) is 12.6. The lowest BCUT2D eigenvalue weighted by Gasteiger charge is -2.30. The molecule has 5 rings (SSSR count). The van der Waals surface area contributed by atoms with E-state index in [4.69, 9.17) is 18.9 Å². The van der Waals surface area contributed by atoms with Gasteiger partial charge in [-0.05, 0) is 36.8 Å². The summed E-state index contributed by atoms with van der Waals surface area (Å²) in [6.45, 7) is 3.25. The molecule has 8 nitrogen and oxygen atoms in total. The highest BCUT2D eigenvalue weighted by Gasteiger charge is 2.32. The van der Waals surface area contributed by atoms with E-state index >= 15 is 0 Å². The first-order valence-electron chi connectivity index (χ1n) is 10.6. The van der Waals surface area contributed by atoms with Gasteiger partial charge in [0.25, 0.3) is 11.8 Å². The van der Waals surface area contributed by atoms with Crippen molar-refractivity contribution in [3.8, 4) is 23.0 Å². The van der Waals surface area contributed by atoms with Crippen LogP contribution in [0.4, 0.5) is 0 Å². The molecule has 31 heavy (non-hydrogen) atoms. The molecule has 0 aromatic heterocycles. The normalized spacial score (nSPS) is 20.1. The Morgan fingerprint density at radius 1 is 0.774 bits per heavy atom. The second-order valence-corrected chi connectivity index (χ2v) is 7.69. The average Bonchev–Trinajstić information content (AvgIpc) is 3.09. The zero-order chi connectivity index (χ0) is 21.2. The van der Waals surface area contributed by atoms with Gasteiger partial charge in [-0.15, -0.1) is 0 Å². The smallest absolute Gasteiger partial charge is 0.267 e. The van der Waals surface area contributed by atoms with Gasteiger partial charge in [0.1, 0.15) is 19.8 Å². The van der Waals surface area contributed by atoms with Crippen molar-refractivity contribution >= 4 is 11.8 Å². The van der Waals surface area contributed by atoms with Crippen LogP contribution in [0.1, 0.15) is 16.8 Å². The highest BCUT2D eigenvalue weighted by Crippen LogP contribution is 2.32. The van der Waals surface area contributed by atoms with Gasteiger partial charge in [-0.2, -0.15) is 0 Å². The molecule has 0 saturated carbocycles. The SMILES string of the molecule is O=C(c1ccc2c(c1)OCCO2)N1CCCN(C(=O)C2COc3ccccc3O2)CC1. The number of amides is 2. The van der Waals surface area contributed by atoms with Gasteiger partial charge in [0.05, 0.1) is 0 Å². The largest absolute Gasteiger partial charge is 0.486 e. The Morgan fingerprint density at radius 2 is 1.48 bits per heavy atom. The van der Waals surface area contributed by atoms with E-state index in [1.54, 1.807) is 34.1 Å². The van der Waals surface area contributed by atoms with Crippen molar-refractivity contribution in [1.29, 1.82) is 0 Å². The zero-order valence-corrected chi connectivity index (χ0v) is 17.1. The molecule has 3 aliphatic rings. The molecular weight excluding hydrogens is 400 g/mol. The van der Waals surface area contributed by atoms with E-state index < -0.39 is 6.10 Å². The molecule has 0 N–H and O–H groups in total. The Kier molecular flexibility index (Phi) is 5.28. The molecule has 162 valence electrons. The first-order chi connectivity index (χ1) is 15.2. The lowest BCUT2D eigenvalue weighted by molar-refractivity contribution is -0.141. The second-order valence-electron chi connectivity index (χ2n) is 7.69. The van der Waals surface area contributed by atoms with E-state index in [2.05, 4.69) is 0 Å². The van der Waals surface area contributed by atoms with Gasteiger partial charge in [0, 0.05) is 31.7 Å². The Balaban J connectivity index is 1.22. The molecule has 2 amide bonds. The van der Waals surface area contributed by atoms with Crippen LogP contribution < -0.4 is 18.9 Å². The van der Waals surface area contributed by atoms with Crippen LogP contribution in [-0.4, -0.2) is 73.7 Å². The number of carbonyl (C=O) groups excluding carboxylic acids is 2. The van der Waals surface area contributed by atoms with Gasteiger partial charge in [0.2, 0.25) is 6.10 Å². The summed E-state index contributed by atoms with van der Waals surface area (Å²) in [6.07, 6.45) is 0.0292. The van der Waals surface area contributed by atoms with Crippen molar-refractivity contribution < 1.29 is 28.5 Å². The van der Waals surface area contributed by atoms with Gasteiger partial charge in [-0.25, -0.2) is 0 Å². The lowest BCUT2D eigenvalue weighted by atomic mass is 10.1. The number of hydrogen-bond donors (Lipinski definition) is 0. The summed E-state index contributed by atoms with van der Waals surface area (Å²) >= 11 is 0. The van der Waals surface area contributed by atoms with E-state index in [1.807, 2.05) is 18.2 Å². The average molecular weight is 424 g/mol. The van der Waals surface area contributed by atoms with Crippen LogP contribution in [0.5, 0.6) is 23.0 Å². The van der Waals surface area contributed by atoms with Crippen molar-refractivity contribution in [2.24, 2.45) is 0 Å². The minimum atomic E-state index is -0.671. The number of hydrogen-bond acceptors (Lipinski definition) is 6. The Bertz CT molecular complexity index is 994. The van der Waals surface area contributed by atoms with Crippen molar-refractivity contribution in [3.05, 3.63) is 48.0 Å². The molecule has 1 unspecified atom stereocenters. The molecule has 0 radical (unpaired) electrons. The maximum Gasteiger partial charge on any atom is 0.267 e. The van der Waals surface area contributed by atoms with Gasteiger partial charge in [-0.1, -0.05) is 12.1 Å². The summed E-state index contributed by atoms with van der Waals surface area (Å²) < 4.78 is 22.7. The summed E-state index contributed by atoms with van der Waals surface area (Å²) in [5, 5.41) is 0. The molecular formula is C23H24N2O6. The fraction of sp³-hybridized carbons (Fsp3) is 0.391. The third-order valence-electron chi connectivity index (χ3n) is 5.67. The minimum absolute atomic E-state index is 0.0718. The topological polar surface area (TPSA) is 77.5 Å². The summed E-state index contributed by atoms with van der Waals surface area (Å²) in [5.74, 6) is 2.31.